The van der Waals surface area contributed by atoms with Crippen molar-refractivity contribution < 1.29 is 9.59 Å². The first-order valence-corrected chi connectivity index (χ1v) is 5.17. The minimum Gasteiger partial charge on any atom is -0.268 e. The van der Waals surface area contributed by atoms with E-state index in [0.29, 0.717) is 0 Å². The zero-order chi connectivity index (χ0) is 11.7. The molecular weight excluding hydrogens is 251 g/mol. The highest BCUT2D eigenvalue weighted by Crippen LogP contribution is 2.27. The third kappa shape index (κ3) is 1.81. The van der Waals surface area contributed by atoms with Crippen LogP contribution in [-0.2, 0) is 16.1 Å². The van der Waals surface area contributed by atoms with Gasteiger partial charge >= 0.3 is 0 Å². The highest BCUT2D eigenvalue weighted by molar-refractivity contribution is 6.58. The van der Waals surface area contributed by atoms with E-state index in [9.17, 15) is 9.59 Å². The Hall–Kier alpha value is -1.39. The van der Waals surface area contributed by atoms with E-state index in [2.05, 4.69) is 4.98 Å². The maximum Gasteiger partial charge on any atom is 0.274 e. The predicted molar refractivity (Wildman–Crippen MR) is 58.5 cm³/mol. The summed E-state index contributed by atoms with van der Waals surface area (Å²) in [6, 6.07) is 3.42. The molecule has 0 radical (unpaired) electrons. The number of amides is 2. The number of aromatic nitrogens is 1. The van der Waals surface area contributed by atoms with E-state index in [0.717, 1.165) is 10.5 Å². The number of carbonyl (C=O) groups is 2. The Morgan fingerprint density at radius 1 is 1.06 bits per heavy atom. The van der Waals surface area contributed by atoms with Gasteiger partial charge in [-0.25, -0.2) is 0 Å². The molecule has 0 unspecified atom stereocenters. The topological polar surface area (TPSA) is 50.3 Å². The number of hydrogen-bond donors (Lipinski definition) is 0. The van der Waals surface area contributed by atoms with Crippen LogP contribution < -0.4 is 0 Å². The van der Waals surface area contributed by atoms with Crippen LogP contribution in [0.1, 0.15) is 5.56 Å². The average molecular weight is 257 g/mol. The van der Waals surface area contributed by atoms with Crippen molar-refractivity contribution in [2.75, 3.05) is 0 Å². The van der Waals surface area contributed by atoms with Crippen LogP contribution in [0.2, 0.25) is 0 Å². The molecule has 2 heterocycles. The van der Waals surface area contributed by atoms with Crippen LogP contribution in [0.4, 0.5) is 0 Å². The van der Waals surface area contributed by atoms with Gasteiger partial charge in [0.05, 0.1) is 6.54 Å². The summed E-state index contributed by atoms with van der Waals surface area (Å²) >= 11 is 11.2. The Labute approximate surface area is 101 Å². The number of imide groups is 1. The number of rotatable bonds is 2. The van der Waals surface area contributed by atoms with Gasteiger partial charge in [-0.05, 0) is 17.7 Å². The molecule has 0 bridgehead atoms. The van der Waals surface area contributed by atoms with Gasteiger partial charge in [-0.2, -0.15) is 0 Å². The summed E-state index contributed by atoms with van der Waals surface area (Å²) in [7, 11) is 0. The van der Waals surface area contributed by atoms with Crippen molar-refractivity contribution >= 4 is 35.0 Å². The smallest absolute Gasteiger partial charge is 0.268 e. The highest BCUT2D eigenvalue weighted by atomic mass is 35.5. The third-order valence-corrected chi connectivity index (χ3v) is 2.95. The van der Waals surface area contributed by atoms with Crippen molar-refractivity contribution in [2.45, 2.75) is 6.54 Å². The van der Waals surface area contributed by atoms with Gasteiger partial charge in [-0.3, -0.25) is 19.5 Å². The molecule has 2 amide bonds. The second kappa shape index (κ2) is 4.23. The summed E-state index contributed by atoms with van der Waals surface area (Å²) in [5.41, 5.74) is 0.785. The van der Waals surface area contributed by atoms with Crippen LogP contribution in [0.15, 0.2) is 34.6 Å². The molecule has 6 heteroatoms. The quantitative estimate of drug-likeness (QED) is 0.757. The van der Waals surface area contributed by atoms with Gasteiger partial charge in [0.2, 0.25) is 0 Å². The maximum absolute atomic E-state index is 11.5. The van der Waals surface area contributed by atoms with Gasteiger partial charge in [0, 0.05) is 12.4 Å². The lowest BCUT2D eigenvalue weighted by molar-refractivity contribution is -0.137. The Morgan fingerprint density at radius 2 is 1.56 bits per heavy atom. The summed E-state index contributed by atoms with van der Waals surface area (Å²) < 4.78 is 0. The number of hydrogen-bond acceptors (Lipinski definition) is 3. The van der Waals surface area contributed by atoms with Crippen LogP contribution in [0.25, 0.3) is 0 Å². The fourth-order valence-corrected chi connectivity index (χ4v) is 1.70. The second-order valence-electron chi connectivity index (χ2n) is 3.18. The van der Waals surface area contributed by atoms with E-state index in [1.54, 1.807) is 24.5 Å². The van der Waals surface area contributed by atoms with Crippen molar-refractivity contribution in [2.24, 2.45) is 0 Å². The van der Waals surface area contributed by atoms with Gasteiger partial charge < -0.3 is 0 Å². The molecule has 0 saturated carbocycles. The van der Waals surface area contributed by atoms with E-state index in [1.807, 2.05) is 0 Å². The SMILES string of the molecule is O=C1C(Cl)=C(Cl)C(=O)N1Cc1ccncc1. The number of pyridine rings is 1. The highest BCUT2D eigenvalue weighted by Gasteiger charge is 2.36. The molecule has 0 N–H and O–H groups in total. The fourth-order valence-electron chi connectivity index (χ4n) is 1.33. The Kier molecular flexibility index (Phi) is 2.94. The van der Waals surface area contributed by atoms with Crippen LogP contribution in [-0.4, -0.2) is 21.7 Å². The predicted octanol–water partition coefficient (Wildman–Crippen LogP) is 1.64. The van der Waals surface area contributed by atoms with Crippen molar-refractivity contribution in [3.8, 4) is 0 Å². The standard InChI is InChI=1S/C10H6Cl2N2O2/c11-7-8(12)10(16)14(9(7)15)5-6-1-3-13-4-2-6/h1-4H,5H2. The van der Waals surface area contributed by atoms with Gasteiger partial charge in [-0.15, -0.1) is 0 Å². The van der Waals surface area contributed by atoms with E-state index >= 15 is 0 Å². The van der Waals surface area contributed by atoms with E-state index < -0.39 is 11.8 Å². The molecule has 0 saturated heterocycles. The lowest BCUT2D eigenvalue weighted by Gasteiger charge is -2.13. The molecule has 4 nitrogen and oxygen atoms in total. The van der Waals surface area contributed by atoms with Crippen LogP contribution >= 0.6 is 23.2 Å². The minimum absolute atomic E-state index is 0.145. The Morgan fingerprint density at radius 3 is 2.06 bits per heavy atom. The molecular formula is C10H6Cl2N2O2. The zero-order valence-electron chi connectivity index (χ0n) is 7.98. The normalized spacial score (nSPS) is 16.2. The lowest BCUT2D eigenvalue weighted by atomic mass is 10.2. The molecule has 1 aliphatic heterocycles. The molecule has 0 aliphatic carbocycles. The fraction of sp³-hybridized carbons (Fsp3) is 0.100. The average Bonchev–Trinajstić information content (AvgIpc) is 2.48. The molecule has 82 valence electrons. The summed E-state index contributed by atoms with van der Waals surface area (Å²) in [5.74, 6) is -1.12. The monoisotopic (exact) mass is 256 g/mol. The zero-order valence-corrected chi connectivity index (χ0v) is 9.50. The van der Waals surface area contributed by atoms with Crippen molar-refractivity contribution in [3.63, 3.8) is 0 Å². The first-order valence-electron chi connectivity index (χ1n) is 4.41. The van der Waals surface area contributed by atoms with E-state index in [-0.39, 0.29) is 16.6 Å². The van der Waals surface area contributed by atoms with Crippen molar-refractivity contribution in [1.29, 1.82) is 0 Å². The van der Waals surface area contributed by atoms with Crippen LogP contribution in [0, 0.1) is 0 Å². The summed E-state index contributed by atoms with van der Waals surface area (Å²) in [5, 5.41) is -0.443. The van der Waals surface area contributed by atoms with Crippen molar-refractivity contribution in [1.82, 2.24) is 9.88 Å². The summed E-state index contributed by atoms with van der Waals surface area (Å²) in [6.45, 7) is 0.145. The maximum atomic E-state index is 11.5. The van der Waals surface area contributed by atoms with Gasteiger partial charge in [0.1, 0.15) is 10.1 Å². The van der Waals surface area contributed by atoms with Gasteiger partial charge in [0.15, 0.2) is 0 Å². The minimum atomic E-state index is -0.562. The van der Waals surface area contributed by atoms with Crippen LogP contribution in [0.5, 0.6) is 0 Å². The molecule has 0 spiro atoms. The summed E-state index contributed by atoms with van der Waals surface area (Å²) in [6.07, 6.45) is 3.16. The van der Waals surface area contributed by atoms with Crippen molar-refractivity contribution in [3.05, 3.63) is 40.2 Å². The molecule has 2 rings (SSSR count). The molecule has 16 heavy (non-hydrogen) atoms. The van der Waals surface area contributed by atoms with E-state index in [1.165, 1.54) is 0 Å². The Bertz CT molecular complexity index is 461. The van der Waals surface area contributed by atoms with E-state index in [4.69, 9.17) is 23.2 Å². The van der Waals surface area contributed by atoms with Crippen LogP contribution in [0.3, 0.4) is 0 Å². The number of halogens is 2. The molecule has 1 aromatic rings. The lowest BCUT2D eigenvalue weighted by Crippen LogP contribution is -2.30. The van der Waals surface area contributed by atoms with Gasteiger partial charge in [-0.1, -0.05) is 23.2 Å². The molecule has 1 aromatic heterocycles. The summed E-state index contributed by atoms with van der Waals surface area (Å²) in [4.78, 5) is 27.9. The molecule has 0 aromatic carbocycles. The third-order valence-electron chi connectivity index (χ3n) is 2.15. The molecule has 0 fully saturated rings. The first kappa shape index (κ1) is 11.1. The van der Waals surface area contributed by atoms with Gasteiger partial charge in [0.25, 0.3) is 11.8 Å². The molecule has 0 atom stereocenters. The first-order chi connectivity index (χ1) is 7.61. The number of carbonyl (C=O) groups excluding carboxylic acids is 2. The molecule has 1 aliphatic rings. The second-order valence-corrected chi connectivity index (χ2v) is 3.94. The number of nitrogens with zero attached hydrogens (tertiary/aromatic N) is 2. The Balaban J connectivity index is 2.21. The largest absolute Gasteiger partial charge is 0.274 e.